The van der Waals surface area contributed by atoms with Crippen molar-refractivity contribution in [3.05, 3.63) is 29.8 Å². The number of anilines is 1. The maximum atomic E-state index is 11.4. The van der Waals surface area contributed by atoms with Crippen LogP contribution in [-0.2, 0) is 14.8 Å². The largest absolute Gasteiger partial charge is 0.481 e. The van der Waals surface area contributed by atoms with Gasteiger partial charge in [0.25, 0.3) is 0 Å². The number of benzene rings is 1. The zero-order chi connectivity index (χ0) is 14.5. The maximum absolute atomic E-state index is 11.4. The third-order valence-corrected chi connectivity index (χ3v) is 3.54. The Balaban J connectivity index is 2.77. The van der Waals surface area contributed by atoms with Gasteiger partial charge < -0.3 is 5.11 Å². The molecule has 1 atom stereocenters. The summed E-state index contributed by atoms with van der Waals surface area (Å²) in [5.41, 5.74) is 1.16. The molecule has 0 spiro atoms. The summed E-state index contributed by atoms with van der Waals surface area (Å²) in [7, 11) is -3.64. The molecule has 102 valence electrons. The lowest BCUT2D eigenvalue weighted by atomic mass is 9.98. The average molecular weight is 282 g/mol. The topological polar surface area (TPSA) is 107 Å². The number of carboxylic acids is 1. The van der Waals surface area contributed by atoms with E-state index in [0.29, 0.717) is 5.69 Å². The van der Waals surface area contributed by atoms with E-state index in [1.165, 1.54) is 0 Å². The number of hydrogen-bond acceptors (Lipinski definition) is 4. The van der Waals surface area contributed by atoms with E-state index in [1.54, 1.807) is 37.3 Å². The highest BCUT2D eigenvalue weighted by molar-refractivity contribution is 7.92. The van der Waals surface area contributed by atoms with Crippen molar-refractivity contribution in [2.24, 2.45) is 0 Å². The minimum Gasteiger partial charge on any atom is -0.481 e. The molecule has 0 saturated heterocycles. The predicted molar refractivity (Wildman–Crippen MR) is 70.1 cm³/mol. The van der Waals surface area contributed by atoms with Gasteiger partial charge in [-0.3, -0.25) is 9.52 Å². The molecule has 0 amide bonds. The third-order valence-electron chi connectivity index (χ3n) is 2.49. The van der Waals surface area contributed by atoms with Crippen molar-refractivity contribution in [1.29, 1.82) is 5.26 Å². The molecular weight excluding hydrogens is 268 g/mol. The standard InChI is InChI=1S/C12H14N2O4S/c1-9(8-12(15)16)10-2-4-11(5-3-10)14-19(17,18)7-6-13/h2-5,9,14H,7-8H2,1H3,(H,15,16). The van der Waals surface area contributed by atoms with Crippen molar-refractivity contribution in [1.82, 2.24) is 0 Å². The van der Waals surface area contributed by atoms with Crippen LogP contribution in [-0.4, -0.2) is 25.2 Å². The summed E-state index contributed by atoms with van der Waals surface area (Å²) in [5.74, 6) is -1.64. The van der Waals surface area contributed by atoms with Gasteiger partial charge in [0.1, 0.15) is 0 Å². The van der Waals surface area contributed by atoms with Crippen molar-refractivity contribution in [2.45, 2.75) is 19.3 Å². The first kappa shape index (κ1) is 15.0. The number of rotatable bonds is 6. The molecule has 0 aliphatic carbocycles. The number of nitrogens with zero attached hydrogens (tertiary/aromatic N) is 1. The Kier molecular flexibility index (Phi) is 4.89. The van der Waals surface area contributed by atoms with Crippen molar-refractivity contribution in [2.75, 3.05) is 10.5 Å². The molecule has 0 bridgehead atoms. The molecule has 0 radical (unpaired) electrons. The average Bonchev–Trinajstić information content (AvgIpc) is 2.28. The van der Waals surface area contributed by atoms with Crippen LogP contribution in [0.1, 0.15) is 24.8 Å². The molecule has 0 saturated carbocycles. The van der Waals surface area contributed by atoms with Crippen molar-refractivity contribution >= 4 is 21.7 Å². The van der Waals surface area contributed by atoms with Crippen molar-refractivity contribution < 1.29 is 18.3 Å². The summed E-state index contributed by atoms with van der Waals surface area (Å²) in [6, 6.07) is 7.98. The van der Waals surface area contributed by atoms with Gasteiger partial charge in [0.2, 0.25) is 10.0 Å². The highest BCUT2D eigenvalue weighted by Gasteiger charge is 2.12. The molecule has 19 heavy (non-hydrogen) atoms. The highest BCUT2D eigenvalue weighted by Crippen LogP contribution is 2.21. The fourth-order valence-electron chi connectivity index (χ4n) is 1.56. The van der Waals surface area contributed by atoms with Gasteiger partial charge in [0, 0.05) is 5.69 Å². The molecule has 7 heteroatoms. The molecule has 0 aromatic heterocycles. The fourth-order valence-corrected chi connectivity index (χ4v) is 2.30. The van der Waals surface area contributed by atoms with Gasteiger partial charge in [-0.2, -0.15) is 5.26 Å². The minimum atomic E-state index is -3.64. The SMILES string of the molecule is CC(CC(=O)O)c1ccc(NS(=O)(=O)CC#N)cc1. The van der Waals surface area contributed by atoms with Gasteiger partial charge in [0.05, 0.1) is 12.5 Å². The van der Waals surface area contributed by atoms with E-state index in [0.717, 1.165) is 5.56 Å². The van der Waals surface area contributed by atoms with Gasteiger partial charge in [-0.15, -0.1) is 0 Å². The number of sulfonamides is 1. The number of aliphatic carboxylic acids is 1. The maximum Gasteiger partial charge on any atom is 0.303 e. The summed E-state index contributed by atoms with van der Waals surface area (Å²) >= 11 is 0. The van der Waals surface area contributed by atoms with Crippen LogP contribution in [0.15, 0.2) is 24.3 Å². The third kappa shape index (κ3) is 4.97. The second kappa shape index (κ2) is 6.20. The Bertz CT molecular complexity index is 587. The number of nitriles is 1. The Labute approximate surface area is 111 Å². The minimum absolute atomic E-state index is 0.0134. The Hall–Kier alpha value is -2.07. The molecule has 6 nitrogen and oxygen atoms in total. The number of hydrogen-bond donors (Lipinski definition) is 2. The van der Waals surface area contributed by atoms with E-state index in [9.17, 15) is 13.2 Å². The summed E-state index contributed by atoms with van der Waals surface area (Å²) < 4.78 is 25.0. The Morgan fingerprint density at radius 2 is 2.00 bits per heavy atom. The zero-order valence-corrected chi connectivity index (χ0v) is 11.1. The first-order valence-corrected chi connectivity index (χ1v) is 7.18. The van der Waals surface area contributed by atoms with Crippen molar-refractivity contribution in [3.63, 3.8) is 0 Å². The lowest BCUT2D eigenvalue weighted by Crippen LogP contribution is -2.15. The molecule has 0 fully saturated rings. The molecule has 1 unspecified atom stereocenters. The van der Waals surface area contributed by atoms with Crippen molar-refractivity contribution in [3.8, 4) is 6.07 Å². The molecule has 0 heterocycles. The summed E-state index contributed by atoms with van der Waals surface area (Å²) in [6.07, 6.45) is 0.0134. The first-order valence-electron chi connectivity index (χ1n) is 5.53. The van der Waals surface area contributed by atoms with Gasteiger partial charge in [0.15, 0.2) is 5.75 Å². The van der Waals surface area contributed by atoms with Crippen LogP contribution in [0.5, 0.6) is 0 Å². The molecule has 2 N–H and O–H groups in total. The van der Waals surface area contributed by atoms with Crippen LogP contribution in [0.4, 0.5) is 5.69 Å². The Morgan fingerprint density at radius 1 is 1.42 bits per heavy atom. The number of carboxylic acid groups (broad SMARTS) is 1. The summed E-state index contributed by atoms with van der Waals surface area (Å²) in [6.45, 7) is 1.78. The van der Waals surface area contributed by atoms with Gasteiger partial charge >= 0.3 is 5.97 Å². The summed E-state index contributed by atoms with van der Waals surface area (Å²) in [5, 5.41) is 17.0. The van der Waals surface area contributed by atoms with Crippen LogP contribution < -0.4 is 4.72 Å². The van der Waals surface area contributed by atoms with E-state index in [-0.39, 0.29) is 12.3 Å². The lowest BCUT2D eigenvalue weighted by Gasteiger charge is -2.10. The quantitative estimate of drug-likeness (QED) is 0.822. The molecular formula is C12H14N2O4S. The van der Waals surface area contributed by atoms with E-state index >= 15 is 0 Å². The lowest BCUT2D eigenvalue weighted by molar-refractivity contribution is -0.137. The van der Waals surface area contributed by atoms with Gasteiger partial charge in [-0.05, 0) is 23.6 Å². The predicted octanol–water partition coefficient (Wildman–Crippen LogP) is 1.53. The normalized spacial score (nSPS) is 12.4. The number of nitrogens with one attached hydrogen (secondary N) is 1. The molecule has 1 aromatic rings. The smallest absolute Gasteiger partial charge is 0.303 e. The summed E-state index contributed by atoms with van der Waals surface area (Å²) in [4.78, 5) is 10.6. The van der Waals surface area contributed by atoms with E-state index < -0.39 is 21.7 Å². The second-order valence-electron chi connectivity index (χ2n) is 4.14. The fraction of sp³-hybridized carbons (Fsp3) is 0.333. The van der Waals surface area contributed by atoms with Crippen LogP contribution in [0.3, 0.4) is 0 Å². The second-order valence-corrected chi connectivity index (χ2v) is 5.86. The molecule has 0 aliphatic rings. The van der Waals surface area contributed by atoms with E-state index in [4.69, 9.17) is 10.4 Å². The number of carbonyl (C=O) groups is 1. The molecule has 1 rings (SSSR count). The zero-order valence-electron chi connectivity index (χ0n) is 10.3. The molecule has 0 aliphatic heterocycles. The highest BCUT2D eigenvalue weighted by atomic mass is 32.2. The van der Waals surface area contributed by atoms with E-state index in [2.05, 4.69) is 4.72 Å². The van der Waals surface area contributed by atoms with Gasteiger partial charge in [-0.25, -0.2) is 8.42 Å². The van der Waals surface area contributed by atoms with Crippen LogP contribution >= 0.6 is 0 Å². The van der Waals surface area contributed by atoms with Gasteiger partial charge in [-0.1, -0.05) is 19.1 Å². The first-order chi connectivity index (χ1) is 8.84. The monoisotopic (exact) mass is 282 g/mol. The van der Waals surface area contributed by atoms with Crippen LogP contribution in [0.2, 0.25) is 0 Å². The molecule has 1 aromatic carbocycles. The Morgan fingerprint density at radius 3 is 2.47 bits per heavy atom. The van der Waals surface area contributed by atoms with Crippen LogP contribution in [0.25, 0.3) is 0 Å². The van der Waals surface area contributed by atoms with Crippen LogP contribution in [0, 0.1) is 11.3 Å². The van der Waals surface area contributed by atoms with E-state index in [1.807, 2.05) is 0 Å².